The Bertz CT molecular complexity index is 697. The van der Waals surface area contributed by atoms with Gasteiger partial charge in [-0.3, -0.25) is 9.59 Å². The highest BCUT2D eigenvalue weighted by Crippen LogP contribution is 2.27. The molecule has 0 aliphatic carbocycles. The van der Waals surface area contributed by atoms with E-state index in [1.54, 1.807) is 18.2 Å². The first-order valence-corrected chi connectivity index (χ1v) is 7.21. The molecule has 0 aromatic heterocycles. The highest BCUT2D eigenvalue weighted by Gasteiger charge is 2.09. The zero-order valence-electron chi connectivity index (χ0n) is 13.2. The van der Waals surface area contributed by atoms with Gasteiger partial charge in [-0.25, -0.2) is 0 Å². The number of ether oxygens (including phenoxy) is 2. The lowest BCUT2D eigenvalue weighted by atomic mass is 10.1. The molecule has 120 valence electrons. The third kappa shape index (κ3) is 4.57. The number of nitrogens with one attached hydrogen (secondary N) is 1. The zero-order chi connectivity index (χ0) is 16.7. The van der Waals surface area contributed by atoms with Crippen LogP contribution in [0, 0.1) is 6.92 Å². The number of methoxy groups -OCH3 is 1. The van der Waals surface area contributed by atoms with Crippen molar-refractivity contribution in [3.8, 4) is 11.5 Å². The fraction of sp³-hybridized carbons (Fsp3) is 0.222. The molecule has 0 spiro atoms. The van der Waals surface area contributed by atoms with Gasteiger partial charge in [0.05, 0.1) is 7.11 Å². The fourth-order valence-corrected chi connectivity index (χ4v) is 2.07. The average Bonchev–Trinajstić information content (AvgIpc) is 2.59. The van der Waals surface area contributed by atoms with Crippen LogP contribution in [0.15, 0.2) is 42.5 Å². The lowest BCUT2D eigenvalue weighted by Crippen LogP contribution is -2.28. The van der Waals surface area contributed by atoms with Crippen LogP contribution in [0.25, 0.3) is 0 Å². The van der Waals surface area contributed by atoms with Crippen LogP contribution in [-0.4, -0.2) is 25.9 Å². The Morgan fingerprint density at radius 3 is 2.65 bits per heavy atom. The van der Waals surface area contributed by atoms with Gasteiger partial charge in [0.15, 0.2) is 18.1 Å². The molecule has 1 N–H and O–H groups in total. The van der Waals surface area contributed by atoms with Gasteiger partial charge < -0.3 is 14.8 Å². The standard InChI is InChI=1S/C18H19NO4/c1-13-5-3-4-6-15(13)10-19-18(21)12-23-16-8-7-14(11-20)9-17(16)22-2/h3-9,11H,10,12H2,1-2H3,(H,19,21). The third-order valence-corrected chi connectivity index (χ3v) is 3.42. The van der Waals surface area contributed by atoms with Crippen molar-refractivity contribution in [2.45, 2.75) is 13.5 Å². The van der Waals surface area contributed by atoms with E-state index in [2.05, 4.69) is 5.32 Å². The van der Waals surface area contributed by atoms with E-state index in [0.29, 0.717) is 23.6 Å². The van der Waals surface area contributed by atoms with Gasteiger partial charge in [-0.1, -0.05) is 24.3 Å². The lowest BCUT2D eigenvalue weighted by Gasteiger charge is -2.12. The zero-order valence-corrected chi connectivity index (χ0v) is 13.2. The summed E-state index contributed by atoms with van der Waals surface area (Å²) in [5.74, 6) is 0.611. The maximum absolute atomic E-state index is 11.9. The quantitative estimate of drug-likeness (QED) is 0.798. The molecule has 0 saturated carbocycles. The second kappa shape index (κ2) is 7.98. The minimum atomic E-state index is -0.227. The van der Waals surface area contributed by atoms with Crippen LogP contribution in [0.3, 0.4) is 0 Å². The Kier molecular flexibility index (Phi) is 5.74. The fourth-order valence-electron chi connectivity index (χ4n) is 2.07. The number of aldehydes is 1. The Morgan fingerprint density at radius 1 is 1.17 bits per heavy atom. The summed E-state index contributed by atoms with van der Waals surface area (Å²) in [7, 11) is 1.48. The molecule has 0 fully saturated rings. The van der Waals surface area contributed by atoms with Crippen LogP contribution in [-0.2, 0) is 11.3 Å². The van der Waals surface area contributed by atoms with E-state index in [4.69, 9.17) is 9.47 Å². The third-order valence-electron chi connectivity index (χ3n) is 3.42. The molecular weight excluding hydrogens is 294 g/mol. The lowest BCUT2D eigenvalue weighted by molar-refractivity contribution is -0.123. The van der Waals surface area contributed by atoms with Gasteiger partial charge in [0.2, 0.25) is 0 Å². The number of carbonyl (C=O) groups is 2. The molecule has 23 heavy (non-hydrogen) atoms. The van der Waals surface area contributed by atoms with Crippen molar-refractivity contribution in [3.05, 3.63) is 59.2 Å². The Morgan fingerprint density at radius 2 is 1.96 bits per heavy atom. The van der Waals surface area contributed by atoms with E-state index in [1.807, 2.05) is 31.2 Å². The molecule has 0 saturated heterocycles. The number of hydrogen-bond acceptors (Lipinski definition) is 4. The molecule has 0 unspecified atom stereocenters. The van der Waals surface area contributed by atoms with Crippen LogP contribution >= 0.6 is 0 Å². The number of hydrogen-bond donors (Lipinski definition) is 1. The summed E-state index contributed by atoms with van der Waals surface area (Å²) in [6.07, 6.45) is 0.723. The number of carbonyl (C=O) groups excluding carboxylic acids is 2. The summed E-state index contributed by atoms with van der Waals surface area (Å²) < 4.78 is 10.6. The van der Waals surface area contributed by atoms with Crippen molar-refractivity contribution in [2.75, 3.05) is 13.7 Å². The van der Waals surface area contributed by atoms with Gasteiger partial charge in [-0.05, 0) is 36.2 Å². The Hall–Kier alpha value is -2.82. The van der Waals surface area contributed by atoms with Gasteiger partial charge in [0.25, 0.3) is 5.91 Å². The van der Waals surface area contributed by atoms with Crippen molar-refractivity contribution >= 4 is 12.2 Å². The van der Waals surface area contributed by atoms with E-state index in [1.165, 1.54) is 7.11 Å². The molecule has 0 aliphatic heterocycles. The molecular formula is C18H19NO4. The normalized spacial score (nSPS) is 10.0. The van der Waals surface area contributed by atoms with E-state index >= 15 is 0 Å². The van der Waals surface area contributed by atoms with Crippen LogP contribution in [0.2, 0.25) is 0 Å². The summed E-state index contributed by atoms with van der Waals surface area (Å²) in [5.41, 5.74) is 2.67. The second-order valence-electron chi connectivity index (χ2n) is 5.02. The number of amides is 1. The monoisotopic (exact) mass is 313 g/mol. The average molecular weight is 313 g/mol. The Balaban J connectivity index is 1.89. The van der Waals surface area contributed by atoms with Crippen molar-refractivity contribution in [2.24, 2.45) is 0 Å². The van der Waals surface area contributed by atoms with Crippen molar-refractivity contribution in [1.82, 2.24) is 5.32 Å². The molecule has 5 heteroatoms. The molecule has 0 radical (unpaired) electrons. The van der Waals surface area contributed by atoms with Gasteiger partial charge in [0.1, 0.15) is 6.29 Å². The summed E-state index contributed by atoms with van der Waals surface area (Å²) in [6.45, 7) is 2.33. The highest BCUT2D eigenvalue weighted by molar-refractivity contribution is 5.78. The minimum absolute atomic E-state index is 0.122. The summed E-state index contributed by atoms with van der Waals surface area (Å²) in [4.78, 5) is 22.6. The molecule has 0 heterocycles. The molecule has 5 nitrogen and oxygen atoms in total. The first kappa shape index (κ1) is 16.5. The topological polar surface area (TPSA) is 64.6 Å². The molecule has 2 aromatic rings. The maximum atomic E-state index is 11.9. The number of benzene rings is 2. The maximum Gasteiger partial charge on any atom is 0.258 e. The van der Waals surface area contributed by atoms with E-state index in [-0.39, 0.29) is 12.5 Å². The number of rotatable bonds is 7. The number of aryl methyl sites for hydroxylation is 1. The summed E-state index contributed by atoms with van der Waals surface area (Å²) in [5, 5.41) is 2.81. The molecule has 0 atom stereocenters. The Labute approximate surface area is 135 Å². The van der Waals surface area contributed by atoms with Gasteiger partial charge in [-0.15, -0.1) is 0 Å². The summed E-state index contributed by atoms with van der Waals surface area (Å²) in [6, 6.07) is 12.6. The van der Waals surface area contributed by atoms with Crippen molar-refractivity contribution < 1.29 is 19.1 Å². The summed E-state index contributed by atoms with van der Waals surface area (Å²) >= 11 is 0. The van der Waals surface area contributed by atoms with Gasteiger partial charge >= 0.3 is 0 Å². The largest absolute Gasteiger partial charge is 0.493 e. The smallest absolute Gasteiger partial charge is 0.258 e. The second-order valence-corrected chi connectivity index (χ2v) is 5.02. The first-order valence-electron chi connectivity index (χ1n) is 7.21. The molecule has 2 rings (SSSR count). The van der Waals surface area contributed by atoms with Crippen molar-refractivity contribution in [1.29, 1.82) is 0 Å². The van der Waals surface area contributed by atoms with Crippen LogP contribution in [0.5, 0.6) is 11.5 Å². The van der Waals surface area contributed by atoms with Crippen LogP contribution < -0.4 is 14.8 Å². The van der Waals surface area contributed by atoms with Gasteiger partial charge in [0, 0.05) is 12.1 Å². The molecule has 0 bridgehead atoms. The van der Waals surface area contributed by atoms with E-state index in [9.17, 15) is 9.59 Å². The van der Waals surface area contributed by atoms with E-state index in [0.717, 1.165) is 17.4 Å². The highest BCUT2D eigenvalue weighted by atomic mass is 16.5. The van der Waals surface area contributed by atoms with Crippen LogP contribution in [0.1, 0.15) is 21.5 Å². The van der Waals surface area contributed by atoms with Crippen LogP contribution in [0.4, 0.5) is 0 Å². The van der Waals surface area contributed by atoms with E-state index < -0.39 is 0 Å². The van der Waals surface area contributed by atoms with Gasteiger partial charge in [-0.2, -0.15) is 0 Å². The molecule has 1 amide bonds. The minimum Gasteiger partial charge on any atom is -0.493 e. The first-order chi connectivity index (χ1) is 11.1. The molecule has 2 aromatic carbocycles. The molecule has 0 aliphatic rings. The predicted molar refractivity (Wildman–Crippen MR) is 86.9 cm³/mol. The SMILES string of the molecule is COc1cc(C=O)ccc1OCC(=O)NCc1ccccc1C. The predicted octanol–water partition coefficient (Wildman–Crippen LogP) is 2.51. The van der Waals surface area contributed by atoms with Crippen molar-refractivity contribution in [3.63, 3.8) is 0 Å².